The second-order valence-corrected chi connectivity index (χ2v) is 5.45. The van der Waals surface area contributed by atoms with Crippen LogP contribution in [0.3, 0.4) is 0 Å². The Morgan fingerprint density at radius 2 is 2.19 bits per heavy atom. The molecule has 5 nitrogen and oxygen atoms in total. The van der Waals surface area contributed by atoms with E-state index in [-0.39, 0.29) is 13.2 Å². The van der Waals surface area contributed by atoms with E-state index in [1.54, 1.807) is 7.11 Å². The molecule has 0 radical (unpaired) electrons. The molecule has 1 aliphatic rings. The number of benzene rings is 1. The minimum Gasteiger partial charge on any atom is -0.493 e. The minimum atomic E-state index is -0.00627. The SMILES string of the molecule is COc1ccc(NCC2CCCCN2C)cc1OCCO. The highest BCUT2D eigenvalue weighted by Crippen LogP contribution is 2.30. The molecular weight excluding hydrogens is 268 g/mol. The van der Waals surface area contributed by atoms with Gasteiger partial charge in [-0.2, -0.15) is 0 Å². The van der Waals surface area contributed by atoms with Gasteiger partial charge in [0.2, 0.25) is 0 Å². The zero-order valence-corrected chi connectivity index (χ0v) is 13.0. The molecule has 1 aromatic rings. The Morgan fingerprint density at radius 3 is 2.90 bits per heavy atom. The number of likely N-dealkylation sites (tertiary alicyclic amines) is 1. The van der Waals surface area contributed by atoms with Crippen LogP contribution in [0.25, 0.3) is 0 Å². The number of hydrogen-bond acceptors (Lipinski definition) is 5. The third kappa shape index (κ3) is 4.51. The first-order valence-electron chi connectivity index (χ1n) is 7.60. The standard InChI is InChI=1S/C16H26N2O3/c1-18-8-4-3-5-14(18)12-17-13-6-7-15(20-2)16(11-13)21-10-9-19/h6-7,11,14,17,19H,3-5,8-10,12H2,1-2H3. The summed E-state index contributed by atoms with van der Waals surface area (Å²) in [5.74, 6) is 1.34. The molecule has 2 N–H and O–H groups in total. The fourth-order valence-electron chi connectivity index (χ4n) is 2.69. The van der Waals surface area contributed by atoms with Crippen molar-refractivity contribution in [2.24, 2.45) is 0 Å². The van der Waals surface area contributed by atoms with Crippen LogP contribution in [0, 0.1) is 0 Å². The van der Waals surface area contributed by atoms with Crippen LogP contribution in [-0.4, -0.2) is 56.5 Å². The number of methoxy groups -OCH3 is 1. The molecule has 1 aromatic carbocycles. The summed E-state index contributed by atoms with van der Waals surface area (Å²) >= 11 is 0. The molecule has 1 saturated heterocycles. The van der Waals surface area contributed by atoms with Crippen molar-refractivity contribution in [1.82, 2.24) is 4.90 Å². The lowest BCUT2D eigenvalue weighted by molar-refractivity contribution is 0.194. The number of piperidine rings is 1. The van der Waals surface area contributed by atoms with E-state index in [1.165, 1.54) is 25.8 Å². The van der Waals surface area contributed by atoms with Crippen molar-refractivity contribution < 1.29 is 14.6 Å². The number of aliphatic hydroxyl groups is 1. The topological polar surface area (TPSA) is 54.0 Å². The van der Waals surface area contributed by atoms with Crippen LogP contribution in [0.15, 0.2) is 18.2 Å². The number of rotatable bonds is 7. The van der Waals surface area contributed by atoms with Crippen LogP contribution in [0.2, 0.25) is 0 Å². The largest absolute Gasteiger partial charge is 0.493 e. The number of anilines is 1. The second-order valence-electron chi connectivity index (χ2n) is 5.45. The van der Waals surface area contributed by atoms with Gasteiger partial charge in [-0.15, -0.1) is 0 Å². The highest BCUT2D eigenvalue weighted by molar-refractivity contribution is 5.54. The molecule has 1 heterocycles. The maximum Gasteiger partial charge on any atom is 0.163 e. The Labute approximate surface area is 126 Å². The zero-order valence-electron chi connectivity index (χ0n) is 13.0. The molecule has 118 valence electrons. The van der Waals surface area contributed by atoms with Gasteiger partial charge >= 0.3 is 0 Å². The number of nitrogens with one attached hydrogen (secondary N) is 1. The van der Waals surface area contributed by atoms with Crippen molar-refractivity contribution in [3.63, 3.8) is 0 Å². The lowest BCUT2D eigenvalue weighted by Crippen LogP contribution is -2.40. The van der Waals surface area contributed by atoms with Gasteiger partial charge in [0, 0.05) is 24.3 Å². The first-order chi connectivity index (χ1) is 10.2. The van der Waals surface area contributed by atoms with Crippen LogP contribution >= 0.6 is 0 Å². The molecule has 1 atom stereocenters. The Hall–Kier alpha value is -1.46. The maximum absolute atomic E-state index is 8.88. The average molecular weight is 294 g/mol. The van der Waals surface area contributed by atoms with Gasteiger partial charge in [-0.25, -0.2) is 0 Å². The predicted octanol–water partition coefficient (Wildman–Crippen LogP) is 1.96. The molecule has 0 spiro atoms. The molecule has 1 fully saturated rings. The van der Waals surface area contributed by atoms with Gasteiger partial charge in [0.15, 0.2) is 11.5 Å². The highest BCUT2D eigenvalue weighted by Gasteiger charge is 2.18. The Kier molecular flexibility index (Phi) is 6.14. The van der Waals surface area contributed by atoms with Crippen molar-refractivity contribution in [3.05, 3.63) is 18.2 Å². The van der Waals surface area contributed by atoms with E-state index in [1.807, 2.05) is 18.2 Å². The van der Waals surface area contributed by atoms with Crippen LogP contribution in [0.5, 0.6) is 11.5 Å². The van der Waals surface area contributed by atoms with Gasteiger partial charge in [0.1, 0.15) is 6.61 Å². The van der Waals surface area contributed by atoms with Crippen molar-refractivity contribution in [2.75, 3.05) is 45.8 Å². The second kappa shape index (κ2) is 8.10. The quantitative estimate of drug-likeness (QED) is 0.805. The molecular formula is C16H26N2O3. The Balaban J connectivity index is 1.95. The van der Waals surface area contributed by atoms with Gasteiger partial charge in [0.25, 0.3) is 0 Å². The lowest BCUT2D eigenvalue weighted by atomic mass is 10.0. The van der Waals surface area contributed by atoms with Crippen molar-refractivity contribution in [3.8, 4) is 11.5 Å². The summed E-state index contributed by atoms with van der Waals surface area (Å²) in [6, 6.07) is 6.40. The molecule has 0 aliphatic carbocycles. The van der Waals surface area contributed by atoms with E-state index in [4.69, 9.17) is 14.6 Å². The molecule has 1 unspecified atom stereocenters. The molecule has 0 aromatic heterocycles. The summed E-state index contributed by atoms with van der Waals surface area (Å²) in [6.45, 7) is 2.38. The summed E-state index contributed by atoms with van der Waals surface area (Å²) in [5.41, 5.74) is 1.02. The number of aliphatic hydroxyl groups excluding tert-OH is 1. The summed E-state index contributed by atoms with van der Waals surface area (Å²) in [6.07, 6.45) is 3.85. The summed E-state index contributed by atoms with van der Waals surface area (Å²) in [5, 5.41) is 12.3. The van der Waals surface area contributed by atoms with E-state index in [0.717, 1.165) is 12.2 Å². The average Bonchev–Trinajstić information content (AvgIpc) is 2.52. The van der Waals surface area contributed by atoms with E-state index >= 15 is 0 Å². The monoisotopic (exact) mass is 294 g/mol. The first-order valence-corrected chi connectivity index (χ1v) is 7.60. The lowest BCUT2D eigenvalue weighted by Gasteiger charge is -2.32. The molecule has 5 heteroatoms. The number of nitrogens with zero attached hydrogens (tertiary/aromatic N) is 1. The first kappa shape index (κ1) is 15.9. The van der Waals surface area contributed by atoms with Gasteiger partial charge in [-0.3, -0.25) is 0 Å². The number of likely N-dealkylation sites (N-methyl/N-ethyl adjacent to an activating group) is 1. The minimum absolute atomic E-state index is 0.00627. The van der Waals surface area contributed by atoms with Crippen LogP contribution < -0.4 is 14.8 Å². The summed E-state index contributed by atoms with van der Waals surface area (Å²) in [7, 11) is 3.81. The fourth-order valence-corrected chi connectivity index (χ4v) is 2.69. The number of ether oxygens (including phenoxy) is 2. The normalized spacial score (nSPS) is 19.3. The molecule has 0 bridgehead atoms. The third-order valence-electron chi connectivity index (χ3n) is 3.98. The van der Waals surface area contributed by atoms with Crippen molar-refractivity contribution in [2.45, 2.75) is 25.3 Å². The maximum atomic E-state index is 8.88. The van der Waals surface area contributed by atoms with Gasteiger partial charge in [-0.1, -0.05) is 6.42 Å². The fraction of sp³-hybridized carbons (Fsp3) is 0.625. The van der Waals surface area contributed by atoms with Crippen LogP contribution in [0.1, 0.15) is 19.3 Å². The van der Waals surface area contributed by atoms with Gasteiger partial charge in [0.05, 0.1) is 13.7 Å². The van der Waals surface area contributed by atoms with E-state index in [2.05, 4.69) is 17.3 Å². The Morgan fingerprint density at radius 1 is 1.33 bits per heavy atom. The van der Waals surface area contributed by atoms with Crippen LogP contribution in [0.4, 0.5) is 5.69 Å². The summed E-state index contributed by atoms with van der Waals surface area (Å²) < 4.78 is 10.8. The molecule has 0 saturated carbocycles. The van der Waals surface area contributed by atoms with Gasteiger partial charge < -0.3 is 24.8 Å². The third-order valence-corrected chi connectivity index (χ3v) is 3.98. The Bertz CT molecular complexity index is 440. The molecule has 1 aliphatic heterocycles. The van der Waals surface area contributed by atoms with Crippen molar-refractivity contribution >= 4 is 5.69 Å². The predicted molar refractivity (Wildman–Crippen MR) is 84.3 cm³/mol. The van der Waals surface area contributed by atoms with E-state index < -0.39 is 0 Å². The highest BCUT2D eigenvalue weighted by atomic mass is 16.5. The van der Waals surface area contributed by atoms with E-state index in [0.29, 0.717) is 17.5 Å². The van der Waals surface area contributed by atoms with Crippen LogP contribution in [-0.2, 0) is 0 Å². The van der Waals surface area contributed by atoms with Crippen molar-refractivity contribution in [1.29, 1.82) is 0 Å². The smallest absolute Gasteiger partial charge is 0.163 e. The summed E-state index contributed by atoms with van der Waals surface area (Å²) in [4.78, 5) is 2.42. The van der Waals surface area contributed by atoms with E-state index in [9.17, 15) is 0 Å². The van der Waals surface area contributed by atoms with Gasteiger partial charge in [-0.05, 0) is 38.6 Å². The molecule has 21 heavy (non-hydrogen) atoms. The molecule has 2 rings (SSSR count). The number of hydrogen-bond donors (Lipinski definition) is 2. The zero-order chi connectivity index (χ0) is 15.1. The molecule has 0 amide bonds.